The van der Waals surface area contributed by atoms with Gasteiger partial charge in [-0.2, -0.15) is 0 Å². The lowest BCUT2D eigenvalue weighted by atomic mass is 9.96. The number of Topliss-reactive ketones (excluding diaryl/α,β-unsaturated/α-hetero) is 1. The third kappa shape index (κ3) is 1.56. The first-order valence-electron chi connectivity index (χ1n) is 5.39. The fourth-order valence-electron chi connectivity index (χ4n) is 1.94. The molecule has 0 aliphatic rings. The Balaban J connectivity index is 2.87. The average molecular weight is 214 g/mol. The smallest absolute Gasteiger partial charge is 0.166 e. The summed E-state index contributed by atoms with van der Waals surface area (Å²) in [5.41, 5.74) is 1.20. The number of carbonyl (C=O) groups excluding carboxylic acids is 1. The molecule has 2 aromatic carbocycles. The maximum absolute atomic E-state index is 11.8. The van der Waals surface area contributed by atoms with Crippen LogP contribution in [0.3, 0.4) is 0 Å². The van der Waals surface area contributed by atoms with E-state index < -0.39 is 0 Å². The van der Waals surface area contributed by atoms with E-state index in [1.165, 1.54) is 0 Å². The van der Waals surface area contributed by atoms with E-state index in [1.54, 1.807) is 6.92 Å². The molecular formula is C14H14O2. The van der Waals surface area contributed by atoms with Crippen LogP contribution in [0.2, 0.25) is 0 Å². The maximum Gasteiger partial charge on any atom is 0.166 e. The molecule has 2 nitrogen and oxygen atoms in total. The van der Waals surface area contributed by atoms with Crippen molar-refractivity contribution in [1.29, 1.82) is 0 Å². The lowest BCUT2D eigenvalue weighted by Gasteiger charge is -2.09. The molecule has 0 saturated heterocycles. The third-order valence-corrected chi connectivity index (χ3v) is 2.81. The number of carbonyl (C=O) groups is 1. The van der Waals surface area contributed by atoms with Crippen molar-refractivity contribution in [2.45, 2.75) is 20.3 Å². The summed E-state index contributed by atoms with van der Waals surface area (Å²) < 4.78 is 0. The van der Waals surface area contributed by atoms with E-state index in [9.17, 15) is 9.90 Å². The first-order valence-corrected chi connectivity index (χ1v) is 5.39. The number of rotatable bonds is 2. The number of ketones is 1. The second-order valence-corrected chi connectivity index (χ2v) is 3.91. The van der Waals surface area contributed by atoms with E-state index in [0.717, 1.165) is 16.3 Å². The normalized spacial score (nSPS) is 10.6. The molecule has 0 amide bonds. The van der Waals surface area contributed by atoms with Crippen LogP contribution in [0.25, 0.3) is 10.8 Å². The Morgan fingerprint density at radius 2 is 2.00 bits per heavy atom. The van der Waals surface area contributed by atoms with Gasteiger partial charge < -0.3 is 5.11 Å². The molecule has 2 heteroatoms. The maximum atomic E-state index is 11.8. The highest BCUT2D eigenvalue weighted by Crippen LogP contribution is 2.31. The van der Waals surface area contributed by atoms with Gasteiger partial charge in [0.25, 0.3) is 0 Å². The second kappa shape index (κ2) is 3.97. The first kappa shape index (κ1) is 10.7. The van der Waals surface area contributed by atoms with Crippen LogP contribution in [0, 0.1) is 6.92 Å². The summed E-state index contributed by atoms with van der Waals surface area (Å²) in [4.78, 5) is 11.8. The molecule has 0 spiro atoms. The van der Waals surface area contributed by atoms with Gasteiger partial charge in [0.15, 0.2) is 5.78 Å². The lowest BCUT2D eigenvalue weighted by molar-refractivity contribution is 0.0987. The minimum atomic E-state index is -0.0163. The molecule has 0 heterocycles. The van der Waals surface area contributed by atoms with Gasteiger partial charge in [-0.05, 0) is 29.3 Å². The summed E-state index contributed by atoms with van der Waals surface area (Å²) in [6.45, 7) is 3.62. The highest BCUT2D eigenvalue weighted by molar-refractivity contribution is 6.10. The molecule has 0 atom stereocenters. The van der Waals surface area contributed by atoms with E-state index in [0.29, 0.717) is 12.0 Å². The van der Waals surface area contributed by atoms with Crippen LogP contribution in [-0.4, -0.2) is 10.9 Å². The van der Waals surface area contributed by atoms with Crippen molar-refractivity contribution in [2.75, 3.05) is 0 Å². The van der Waals surface area contributed by atoms with Crippen molar-refractivity contribution in [3.8, 4) is 5.75 Å². The summed E-state index contributed by atoms with van der Waals surface area (Å²) in [6, 6.07) is 9.53. The molecule has 0 fully saturated rings. The second-order valence-electron chi connectivity index (χ2n) is 3.91. The van der Waals surface area contributed by atoms with Crippen LogP contribution < -0.4 is 0 Å². The molecular weight excluding hydrogens is 200 g/mol. The highest BCUT2D eigenvalue weighted by Gasteiger charge is 2.15. The Labute approximate surface area is 94.5 Å². The van der Waals surface area contributed by atoms with Crippen molar-refractivity contribution in [3.63, 3.8) is 0 Å². The minimum absolute atomic E-state index is 0.0163. The number of fused-ring (bicyclic) bond motifs is 1. The largest absolute Gasteiger partial charge is 0.507 e. The molecule has 82 valence electrons. The number of phenolic OH excluding ortho intramolecular Hbond substituents is 1. The Bertz CT molecular complexity index is 556. The zero-order valence-electron chi connectivity index (χ0n) is 9.45. The van der Waals surface area contributed by atoms with E-state index in [-0.39, 0.29) is 11.5 Å². The van der Waals surface area contributed by atoms with Crippen LogP contribution in [0.15, 0.2) is 30.3 Å². The predicted octanol–water partition coefficient (Wildman–Crippen LogP) is 3.45. The molecule has 2 aromatic rings. The Morgan fingerprint density at radius 3 is 2.69 bits per heavy atom. The average Bonchev–Trinajstić information content (AvgIpc) is 2.30. The summed E-state index contributed by atoms with van der Waals surface area (Å²) in [6.07, 6.45) is 0.404. The van der Waals surface area contributed by atoms with Crippen LogP contribution in [0.5, 0.6) is 5.75 Å². The molecule has 0 radical (unpaired) electrons. The van der Waals surface area contributed by atoms with Gasteiger partial charge in [-0.15, -0.1) is 0 Å². The molecule has 1 N–H and O–H groups in total. The quantitative estimate of drug-likeness (QED) is 0.777. The molecule has 0 bridgehead atoms. The summed E-state index contributed by atoms with van der Waals surface area (Å²) >= 11 is 0. The van der Waals surface area contributed by atoms with Gasteiger partial charge in [0.2, 0.25) is 0 Å². The molecule has 0 saturated carbocycles. The van der Waals surface area contributed by atoms with Gasteiger partial charge in [0, 0.05) is 6.42 Å². The van der Waals surface area contributed by atoms with Gasteiger partial charge in [-0.3, -0.25) is 4.79 Å². The molecule has 0 unspecified atom stereocenters. The van der Waals surface area contributed by atoms with Crippen molar-refractivity contribution < 1.29 is 9.90 Å². The van der Waals surface area contributed by atoms with Crippen molar-refractivity contribution in [1.82, 2.24) is 0 Å². The Morgan fingerprint density at radius 1 is 1.31 bits per heavy atom. The van der Waals surface area contributed by atoms with Gasteiger partial charge in [0.1, 0.15) is 5.75 Å². The zero-order valence-corrected chi connectivity index (χ0v) is 9.45. The minimum Gasteiger partial charge on any atom is -0.507 e. The third-order valence-electron chi connectivity index (χ3n) is 2.81. The summed E-state index contributed by atoms with van der Waals surface area (Å²) in [5.74, 6) is 0.1000. The van der Waals surface area contributed by atoms with Gasteiger partial charge in [0.05, 0.1) is 5.56 Å². The fraction of sp³-hybridized carbons (Fsp3) is 0.214. The molecule has 0 aliphatic heterocycles. The summed E-state index contributed by atoms with van der Waals surface area (Å²) in [5, 5.41) is 11.8. The standard InChI is InChI=1S/C14H14O2/c1-3-12(15)13-11-7-5-4-6-10(11)8-9(2)14(13)16/h4-8,16H,3H2,1-2H3. The SMILES string of the molecule is CCC(=O)c1c(O)c(C)cc2ccccc12. The van der Waals surface area contributed by atoms with Gasteiger partial charge in [-0.25, -0.2) is 0 Å². The van der Waals surface area contributed by atoms with Crippen molar-refractivity contribution in [3.05, 3.63) is 41.5 Å². The molecule has 16 heavy (non-hydrogen) atoms. The lowest BCUT2D eigenvalue weighted by Crippen LogP contribution is -1.99. The van der Waals surface area contributed by atoms with E-state index in [2.05, 4.69) is 0 Å². The Hall–Kier alpha value is -1.83. The van der Waals surface area contributed by atoms with E-state index in [1.807, 2.05) is 37.3 Å². The van der Waals surface area contributed by atoms with Crippen molar-refractivity contribution in [2.24, 2.45) is 0 Å². The zero-order chi connectivity index (χ0) is 11.7. The molecule has 0 aromatic heterocycles. The number of aryl methyl sites for hydroxylation is 1. The van der Waals surface area contributed by atoms with Crippen molar-refractivity contribution >= 4 is 16.6 Å². The first-order chi connectivity index (χ1) is 7.65. The fourth-order valence-corrected chi connectivity index (χ4v) is 1.94. The van der Waals surface area contributed by atoms with E-state index >= 15 is 0 Å². The number of phenols is 1. The number of hydrogen-bond acceptors (Lipinski definition) is 2. The van der Waals surface area contributed by atoms with Crippen LogP contribution in [0.1, 0.15) is 29.3 Å². The van der Waals surface area contributed by atoms with Gasteiger partial charge >= 0.3 is 0 Å². The van der Waals surface area contributed by atoms with Gasteiger partial charge in [-0.1, -0.05) is 31.2 Å². The van der Waals surface area contributed by atoms with Crippen LogP contribution in [-0.2, 0) is 0 Å². The highest BCUT2D eigenvalue weighted by atomic mass is 16.3. The molecule has 2 rings (SSSR count). The number of aromatic hydroxyl groups is 1. The van der Waals surface area contributed by atoms with E-state index in [4.69, 9.17) is 0 Å². The number of benzene rings is 2. The predicted molar refractivity (Wildman–Crippen MR) is 65.0 cm³/mol. The van der Waals surface area contributed by atoms with Crippen LogP contribution in [0.4, 0.5) is 0 Å². The summed E-state index contributed by atoms with van der Waals surface area (Å²) in [7, 11) is 0. The topological polar surface area (TPSA) is 37.3 Å². The number of hydrogen-bond donors (Lipinski definition) is 1. The molecule has 0 aliphatic carbocycles. The van der Waals surface area contributed by atoms with Crippen LogP contribution >= 0.6 is 0 Å². The Kier molecular flexibility index (Phi) is 2.65. The monoisotopic (exact) mass is 214 g/mol.